The van der Waals surface area contributed by atoms with Crippen molar-refractivity contribution < 1.29 is 27.9 Å². The monoisotopic (exact) mass is 443 g/mol. The van der Waals surface area contributed by atoms with E-state index in [2.05, 4.69) is 5.32 Å². The quantitative estimate of drug-likeness (QED) is 0.600. The molecular formula is C23H23F2N3O4. The van der Waals surface area contributed by atoms with Gasteiger partial charge in [0.05, 0.1) is 12.5 Å². The average Bonchev–Trinajstić information content (AvgIpc) is 2.76. The highest BCUT2D eigenvalue weighted by molar-refractivity contribution is 5.98. The van der Waals surface area contributed by atoms with Crippen molar-refractivity contribution in [2.75, 3.05) is 18.1 Å². The summed E-state index contributed by atoms with van der Waals surface area (Å²) in [6.07, 6.45) is 0.0768. The third-order valence-corrected chi connectivity index (χ3v) is 4.55. The first kappa shape index (κ1) is 24.5. The second-order valence-corrected chi connectivity index (χ2v) is 7.19. The van der Waals surface area contributed by atoms with Gasteiger partial charge in [-0.2, -0.15) is 5.26 Å². The number of ether oxygens (including phenoxy) is 1. The van der Waals surface area contributed by atoms with Crippen molar-refractivity contribution in [3.8, 4) is 6.07 Å². The minimum Gasteiger partial charge on any atom is -0.454 e. The molecule has 0 aliphatic heterocycles. The molecule has 0 fully saturated rings. The first-order valence-corrected chi connectivity index (χ1v) is 9.90. The van der Waals surface area contributed by atoms with E-state index in [9.17, 15) is 23.2 Å². The van der Waals surface area contributed by atoms with Gasteiger partial charge in [-0.15, -0.1) is 0 Å². The second kappa shape index (κ2) is 11.6. The number of halogens is 2. The highest BCUT2D eigenvalue weighted by Crippen LogP contribution is 2.16. The number of hydrogen-bond donors (Lipinski definition) is 1. The zero-order valence-electron chi connectivity index (χ0n) is 17.7. The molecule has 0 bridgehead atoms. The van der Waals surface area contributed by atoms with Crippen molar-refractivity contribution >= 4 is 23.5 Å². The molecule has 0 spiro atoms. The first-order valence-electron chi connectivity index (χ1n) is 9.90. The van der Waals surface area contributed by atoms with Crippen molar-refractivity contribution in [3.63, 3.8) is 0 Å². The third-order valence-electron chi connectivity index (χ3n) is 4.55. The minimum absolute atomic E-state index is 0.0768. The van der Waals surface area contributed by atoms with Gasteiger partial charge in [0.1, 0.15) is 23.2 Å². The van der Waals surface area contributed by atoms with Crippen molar-refractivity contribution in [1.82, 2.24) is 5.32 Å². The van der Waals surface area contributed by atoms with Gasteiger partial charge in [-0.3, -0.25) is 9.59 Å². The Labute approximate surface area is 184 Å². The van der Waals surface area contributed by atoms with Crippen LogP contribution >= 0.6 is 0 Å². The fraction of sp³-hybridized carbons (Fsp3) is 0.304. The van der Waals surface area contributed by atoms with Gasteiger partial charge in [0.15, 0.2) is 6.61 Å². The molecule has 0 aliphatic carbocycles. The van der Waals surface area contributed by atoms with Crippen LogP contribution < -0.4 is 10.2 Å². The van der Waals surface area contributed by atoms with Crippen LogP contribution in [0.4, 0.5) is 14.5 Å². The number of carbonyl (C=O) groups excluding carboxylic acids is 3. The van der Waals surface area contributed by atoms with Crippen LogP contribution in [-0.4, -0.2) is 37.0 Å². The summed E-state index contributed by atoms with van der Waals surface area (Å²) in [5.41, 5.74) is -0.277. The molecule has 0 saturated heterocycles. The van der Waals surface area contributed by atoms with Gasteiger partial charge in [0, 0.05) is 12.2 Å². The predicted octanol–water partition coefficient (Wildman–Crippen LogP) is 3.21. The number of benzene rings is 2. The molecule has 7 nitrogen and oxygen atoms in total. The molecule has 1 atom stereocenters. The fourth-order valence-corrected chi connectivity index (χ4v) is 2.89. The van der Waals surface area contributed by atoms with Crippen LogP contribution in [0.3, 0.4) is 0 Å². The average molecular weight is 443 g/mol. The number of nitrogens with zero attached hydrogens (tertiary/aromatic N) is 2. The molecule has 9 heteroatoms. The number of amides is 2. The molecule has 0 aromatic heterocycles. The summed E-state index contributed by atoms with van der Waals surface area (Å²) in [5, 5.41) is 11.1. The lowest BCUT2D eigenvalue weighted by atomic mass is 10.0. The van der Waals surface area contributed by atoms with Crippen LogP contribution in [-0.2, 0) is 14.3 Å². The van der Waals surface area contributed by atoms with Gasteiger partial charge in [-0.1, -0.05) is 38.1 Å². The minimum atomic E-state index is -1.24. The summed E-state index contributed by atoms with van der Waals surface area (Å²) in [6, 6.07) is 12.3. The largest absolute Gasteiger partial charge is 0.454 e. The van der Waals surface area contributed by atoms with Crippen molar-refractivity contribution in [3.05, 3.63) is 65.7 Å². The molecule has 0 saturated carbocycles. The number of anilines is 1. The van der Waals surface area contributed by atoms with Gasteiger partial charge in [0.25, 0.3) is 11.8 Å². The Balaban J connectivity index is 2.08. The molecule has 1 N–H and O–H groups in total. The lowest BCUT2D eigenvalue weighted by molar-refractivity contribution is -0.150. The molecule has 0 unspecified atom stereocenters. The molecule has 0 aliphatic rings. The van der Waals surface area contributed by atoms with E-state index >= 15 is 0 Å². The number of hydrogen-bond acceptors (Lipinski definition) is 5. The molecular weight excluding hydrogens is 420 g/mol. The van der Waals surface area contributed by atoms with E-state index in [4.69, 9.17) is 10.00 Å². The smallest absolute Gasteiger partial charge is 0.329 e. The maximum absolute atomic E-state index is 13.9. The highest BCUT2D eigenvalue weighted by atomic mass is 19.1. The van der Waals surface area contributed by atoms with Crippen LogP contribution in [0, 0.1) is 28.9 Å². The Morgan fingerprint density at radius 3 is 2.25 bits per heavy atom. The third kappa shape index (κ3) is 6.35. The summed E-state index contributed by atoms with van der Waals surface area (Å²) in [6.45, 7) is 2.68. The van der Waals surface area contributed by atoms with Crippen LogP contribution in [0.1, 0.15) is 30.6 Å². The standard InChI is InChI=1S/C23H23F2N3O4/c1-15(2)21(27-22(30)20-17(24)10-6-11-18(20)25)23(31)32-14-19(29)28(13-7-12-26)16-8-4-3-5-9-16/h3-6,8-11,15,21H,7,13-14H2,1-2H3,(H,27,30)/t21-/m1/s1. The summed E-state index contributed by atoms with van der Waals surface area (Å²) in [4.78, 5) is 38.8. The van der Waals surface area contributed by atoms with Crippen LogP contribution in [0.2, 0.25) is 0 Å². The molecule has 2 aromatic rings. The maximum Gasteiger partial charge on any atom is 0.329 e. The van der Waals surface area contributed by atoms with Crippen molar-refractivity contribution in [2.45, 2.75) is 26.3 Å². The Kier molecular flexibility index (Phi) is 8.83. The highest BCUT2D eigenvalue weighted by Gasteiger charge is 2.29. The summed E-state index contributed by atoms with van der Waals surface area (Å²) in [7, 11) is 0. The summed E-state index contributed by atoms with van der Waals surface area (Å²) in [5.74, 6) is -5.21. The zero-order valence-corrected chi connectivity index (χ0v) is 17.7. The predicted molar refractivity (Wildman–Crippen MR) is 112 cm³/mol. The number of carbonyl (C=O) groups is 3. The van der Waals surface area contributed by atoms with Crippen LogP contribution in [0.25, 0.3) is 0 Å². The summed E-state index contributed by atoms with van der Waals surface area (Å²) < 4.78 is 32.8. The number of rotatable bonds is 9. The Morgan fingerprint density at radius 1 is 1.06 bits per heavy atom. The normalized spacial score (nSPS) is 11.4. The van der Waals surface area contributed by atoms with E-state index in [1.54, 1.807) is 44.2 Å². The molecule has 32 heavy (non-hydrogen) atoms. The SMILES string of the molecule is CC(C)[C@@H](NC(=O)c1c(F)cccc1F)C(=O)OCC(=O)N(CCC#N)c1ccccc1. The van der Waals surface area contributed by atoms with Crippen molar-refractivity contribution in [2.24, 2.45) is 5.92 Å². The van der Waals surface area contributed by atoms with Gasteiger partial charge in [-0.05, 0) is 30.2 Å². The zero-order chi connectivity index (χ0) is 23.7. The van der Waals surface area contributed by atoms with E-state index in [0.717, 1.165) is 18.2 Å². The molecule has 168 valence electrons. The second-order valence-electron chi connectivity index (χ2n) is 7.19. The lowest BCUT2D eigenvalue weighted by Gasteiger charge is -2.24. The number of nitriles is 1. The van der Waals surface area contributed by atoms with Crippen molar-refractivity contribution in [1.29, 1.82) is 5.26 Å². The molecule has 2 rings (SSSR count). The lowest BCUT2D eigenvalue weighted by Crippen LogP contribution is -2.47. The number of esters is 1. The maximum atomic E-state index is 13.9. The molecule has 2 aromatic carbocycles. The van der Waals surface area contributed by atoms with Crippen LogP contribution in [0.5, 0.6) is 0 Å². The molecule has 0 heterocycles. The first-order chi connectivity index (χ1) is 15.3. The Bertz CT molecular complexity index is 986. The topological polar surface area (TPSA) is 99.5 Å². The fourth-order valence-electron chi connectivity index (χ4n) is 2.89. The van der Waals surface area contributed by atoms with E-state index < -0.39 is 53.5 Å². The van der Waals surface area contributed by atoms with E-state index in [1.165, 1.54) is 4.90 Å². The van der Waals surface area contributed by atoms with E-state index in [-0.39, 0.29) is 13.0 Å². The Hall–Kier alpha value is -3.80. The van der Waals surface area contributed by atoms with Gasteiger partial charge < -0.3 is 15.0 Å². The van der Waals surface area contributed by atoms with Gasteiger partial charge >= 0.3 is 5.97 Å². The number of nitrogens with one attached hydrogen (secondary N) is 1. The van der Waals surface area contributed by atoms with E-state index in [1.807, 2.05) is 6.07 Å². The van der Waals surface area contributed by atoms with Gasteiger partial charge in [0.2, 0.25) is 0 Å². The number of para-hydroxylation sites is 1. The molecule has 2 amide bonds. The Morgan fingerprint density at radius 2 is 1.69 bits per heavy atom. The van der Waals surface area contributed by atoms with Crippen LogP contribution in [0.15, 0.2) is 48.5 Å². The van der Waals surface area contributed by atoms with Gasteiger partial charge in [-0.25, -0.2) is 13.6 Å². The summed E-state index contributed by atoms with van der Waals surface area (Å²) >= 11 is 0. The molecule has 0 radical (unpaired) electrons. The van der Waals surface area contributed by atoms with E-state index in [0.29, 0.717) is 5.69 Å².